The van der Waals surface area contributed by atoms with E-state index in [0.29, 0.717) is 12.4 Å². The summed E-state index contributed by atoms with van der Waals surface area (Å²) >= 11 is 0. The van der Waals surface area contributed by atoms with Gasteiger partial charge in [0, 0.05) is 5.69 Å². The summed E-state index contributed by atoms with van der Waals surface area (Å²) in [4.78, 5) is 0. The second-order valence-electron chi connectivity index (χ2n) is 2.60. The van der Waals surface area contributed by atoms with Crippen molar-refractivity contribution in [2.24, 2.45) is 0 Å². The van der Waals surface area contributed by atoms with Crippen molar-refractivity contribution < 1.29 is 9.47 Å². The van der Waals surface area contributed by atoms with E-state index in [1.165, 1.54) is 0 Å². The Morgan fingerprint density at radius 2 is 2.00 bits per heavy atom. The van der Waals surface area contributed by atoms with Crippen LogP contribution in [0.2, 0.25) is 0 Å². The lowest BCUT2D eigenvalue weighted by molar-refractivity contribution is 0.221. The van der Waals surface area contributed by atoms with Gasteiger partial charge in [0.05, 0.1) is 7.11 Å². The van der Waals surface area contributed by atoms with Crippen molar-refractivity contribution in [3.63, 3.8) is 0 Å². The molecule has 1 aromatic carbocycles. The third-order valence-electron chi connectivity index (χ3n) is 1.57. The van der Waals surface area contributed by atoms with Crippen molar-refractivity contribution >= 4 is 5.69 Å². The van der Waals surface area contributed by atoms with E-state index in [9.17, 15) is 0 Å². The molecular formula is C10H13NO2. The molecule has 1 aromatic rings. The molecule has 0 spiro atoms. The summed E-state index contributed by atoms with van der Waals surface area (Å²) in [6.07, 6.45) is 0. The summed E-state index contributed by atoms with van der Waals surface area (Å²) in [5.74, 6) is 1.35. The van der Waals surface area contributed by atoms with Gasteiger partial charge in [0.1, 0.15) is 18.1 Å². The Morgan fingerprint density at radius 1 is 1.38 bits per heavy atom. The van der Waals surface area contributed by atoms with Crippen molar-refractivity contribution in [3.8, 4) is 5.75 Å². The zero-order valence-electron chi connectivity index (χ0n) is 7.62. The highest BCUT2D eigenvalue weighted by molar-refractivity contribution is 5.41. The molecule has 3 heteroatoms. The van der Waals surface area contributed by atoms with Crippen LogP contribution in [0.4, 0.5) is 5.69 Å². The molecule has 70 valence electrons. The van der Waals surface area contributed by atoms with Gasteiger partial charge in [0.25, 0.3) is 0 Å². The molecule has 0 atom stereocenters. The van der Waals surface area contributed by atoms with Crippen LogP contribution in [-0.2, 0) is 4.74 Å². The summed E-state index contributed by atoms with van der Waals surface area (Å²) in [5.41, 5.74) is 6.23. The molecular weight excluding hydrogens is 166 g/mol. The number of anilines is 1. The number of ether oxygens (including phenoxy) is 2. The first-order valence-corrected chi connectivity index (χ1v) is 3.92. The summed E-state index contributed by atoms with van der Waals surface area (Å²) in [5, 5.41) is 0. The smallest absolute Gasteiger partial charge is 0.145 e. The maximum Gasteiger partial charge on any atom is 0.145 e. The predicted molar refractivity (Wildman–Crippen MR) is 52.5 cm³/mol. The first kappa shape index (κ1) is 9.45. The topological polar surface area (TPSA) is 44.5 Å². The lowest BCUT2D eigenvalue weighted by Gasteiger charge is -2.07. The summed E-state index contributed by atoms with van der Waals surface area (Å²) in [6.45, 7) is 4.00. The molecule has 0 aliphatic rings. The van der Waals surface area contributed by atoms with Crippen molar-refractivity contribution in [1.29, 1.82) is 0 Å². The molecule has 0 saturated heterocycles. The Kier molecular flexibility index (Phi) is 3.20. The molecule has 13 heavy (non-hydrogen) atoms. The van der Waals surface area contributed by atoms with E-state index in [0.717, 1.165) is 11.4 Å². The summed E-state index contributed by atoms with van der Waals surface area (Å²) in [7, 11) is 1.56. The zero-order chi connectivity index (χ0) is 9.68. The van der Waals surface area contributed by atoms with Gasteiger partial charge < -0.3 is 15.2 Å². The quantitative estimate of drug-likeness (QED) is 0.566. The molecule has 0 unspecified atom stereocenters. The highest BCUT2D eigenvalue weighted by atomic mass is 16.5. The van der Waals surface area contributed by atoms with E-state index in [1.54, 1.807) is 31.4 Å². The van der Waals surface area contributed by atoms with Crippen molar-refractivity contribution in [2.45, 2.75) is 0 Å². The number of hydrogen-bond donors (Lipinski definition) is 1. The minimum Gasteiger partial charge on any atom is -0.498 e. The van der Waals surface area contributed by atoms with Crippen LogP contribution in [0.25, 0.3) is 0 Å². The Labute approximate surface area is 77.8 Å². The van der Waals surface area contributed by atoms with Gasteiger partial charge in [-0.1, -0.05) is 6.58 Å². The normalized spacial score (nSPS) is 9.31. The molecule has 0 heterocycles. The highest BCUT2D eigenvalue weighted by Gasteiger charge is 1.95. The average Bonchev–Trinajstić information content (AvgIpc) is 2.16. The Morgan fingerprint density at radius 3 is 2.54 bits per heavy atom. The van der Waals surface area contributed by atoms with E-state index >= 15 is 0 Å². The summed E-state index contributed by atoms with van der Waals surface area (Å²) in [6, 6.07) is 7.17. The van der Waals surface area contributed by atoms with Gasteiger partial charge in [-0.15, -0.1) is 0 Å². The number of nitrogens with two attached hydrogens (primary N) is 1. The van der Waals surface area contributed by atoms with Crippen molar-refractivity contribution in [1.82, 2.24) is 0 Å². The van der Waals surface area contributed by atoms with Crippen LogP contribution >= 0.6 is 0 Å². The third kappa shape index (κ3) is 3.07. The van der Waals surface area contributed by atoms with Gasteiger partial charge in [-0.2, -0.15) is 0 Å². The van der Waals surface area contributed by atoms with Gasteiger partial charge in [0.2, 0.25) is 0 Å². The van der Waals surface area contributed by atoms with Crippen LogP contribution in [0.1, 0.15) is 0 Å². The van der Waals surface area contributed by atoms with E-state index in [4.69, 9.17) is 15.2 Å². The Hall–Kier alpha value is -1.64. The molecule has 3 nitrogen and oxygen atoms in total. The predicted octanol–water partition coefficient (Wildman–Crippen LogP) is 1.81. The van der Waals surface area contributed by atoms with Crippen LogP contribution < -0.4 is 10.5 Å². The molecule has 0 amide bonds. The molecule has 0 fully saturated rings. The Balaban J connectivity index is 2.46. The SMILES string of the molecule is C=C(COc1ccc(N)cc1)OC. The fourth-order valence-electron chi connectivity index (χ4n) is 0.787. The largest absolute Gasteiger partial charge is 0.498 e. The van der Waals surface area contributed by atoms with Gasteiger partial charge in [-0.05, 0) is 24.3 Å². The van der Waals surface area contributed by atoms with Crippen molar-refractivity contribution in [3.05, 3.63) is 36.6 Å². The third-order valence-corrected chi connectivity index (χ3v) is 1.57. The van der Waals surface area contributed by atoms with Gasteiger partial charge >= 0.3 is 0 Å². The van der Waals surface area contributed by atoms with Crippen LogP contribution in [0.15, 0.2) is 36.6 Å². The van der Waals surface area contributed by atoms with Crippen LogP contribution in [0.3, 0.4) is 0 Å². The molecule has 0 radical (unpaired) electrons. The number of nitrogen functional groups attached to an aromatic ring is 1. The second-order valence-corrected chi connectivity index (χ2v) is 2.60. The standard InChI is InChI=1S/C10H13NO2/c1-8(12-2)7-13-10-5-3-9(11)4-6-10/h3-6H,1,7,11H2,2H3. The lowest BCUT2D eigenvalue weighted by atomic mass is 10.3. The monoisotopic (exact) mass is 179 g/mol. The number of benzene rings is 1. The zero-order valence-corrected chi connectivity index (χ0v) is 7.62. The number of hydrogen-bond acceptors (Lipinski definition) is 3. The van der Waals surface area contributed by atoms with E-state index in [2.05, 4.69) is 6.58 Å². The molecule has 0 bridgehead atoms. The minimum atomic E-state index is 0.362. The molecule has 2 N–H and O–H groups in total. The molecule has 1 rings (SSSR count). The minimum absolute atomic E-state index is 0.362. The van der Waals surface area contributed by atoms with Crippen LogP contribution in [-0.4, -0.2) is 13.7 Å². The molecule has 0 aromatic heterocycles. The molecule has 0 aliphatic carbocycles. The van der Waals surface area contributed by atoms with Gasteiger partial charge in [-0.3, -0.25) is 0 Å². The van der Waals surface area contributed by atoms with E-state index in [1.807, 2.05) is 0 Å². The average molecular weight is 179 g/mol. The van der Waals surface area contributed by atoms with E-state index < -0.39 is 0 Å². The maximum atomic E-state index is 5.51. The number of methoxy groups -OCH3 is 1. The van der Waals surface area contributed by atoms with Crippen LogP contribution in [0, 0.1) is 0 Å². The summed E-state index contributed by atoms with van der Waals surface area (Å²) < 4.78 is 10.2. The molecule has 0 aliphatic heterocycles. The highest BCUT2D eigenvalue weighted by Crippen LogP contribution is 2.13. The number of rotatable bonds is 4. The van der Waals surface area contributed by atoms with Crippen LogP contribution in [0.5, 0.6) is 5.75 Å². The first-order chi connectivity index (χ1) is 6.22. The maximum absolute atomic E-state index is 5.51. The van der Waals surface area contributed by atoms with E-state index in [-0.39, 0.29) is 0 Å². The Bertz CT molecular complexity index is 279. The lowest BCUT2D eigenvalue weighted by Crippen LogP contribution is -2.01. The second kappa shape index (κ2) is 4.40. The molecule has 0 saturated carbocycles. The van der Waals surface area contributed by atoms with Crippen molar-refractivity contribution in [2.75, 3.05) is 19.5 Å². The van der Waals surface area contributed by atoms with Gasteiger partial charge in [-0.25, -0.2) is 0 Å². The van der Waals surface area contributed by atoms with Gasteiger partial charge in [0.15, 0.2) is 0 Å². The fourth-order valence-corrected chi connectivity index (χ4v) is 0.787. The fraction of sp³-hybridized carbons (Fsp3) is 0.200. The first-order valence-electron chi connectivity index (χ1n) is 3.92.